The molecule has 0 aromatic rings. The third kappa shape index (κ3) is 7.80. The van der Waals surface area contributed by atoms with Crippen molar-refractivity contribution in [1.82, 2.24) is 5.32 Å². The van der Waals surface area contributed by atoms with Crippen molar-refractivity contribution < 1.29 is 4.79 Å². The zero-order chi connectivity index (χ0) is 13.6. The van der Waals surface area contributed by atoms with Crippen LogP contribution in [0.25, 0.3) is 0 Å². The fourth-order valence-corrected chi connectivity index (χ4v) is 2.03. The molecule has 0 heterocycles. The number of carbonyl (C=O) groups excluding carboxylic acids is 1. The van der Waals surface area contributed by atoms with Gasteiger partial charge < -0.3 is 5.32 Å². The largest absolute Gasteiger partial charge is 0.353 e. The lowest BCUT2D eigenvalue weighted by Gasteiger charge is -2.27. The lowest BCUT2D eigenvalue weighted by molar-refractivity contribution is -0.123. The second-order valence-corrected chi connectivity index (χ2v) is 7.17. The van der Waals surface area contributed by atoms with Crippen LogP contribution in [0.1, 0.15) is 54.4 Å². The minimum absolute atomic E-state index is 0.178. The number of nitrogens with one attached hydrogen (secondary N) is 1. The van der Waals surface area contributed by atoms with Crippen molar-refractivity contribution in [2.24, 2.45) is 17.3 Å². The van der Waals surface area contributed by atoms with Crippen molar-refractivity contribution in [3.63, 3.8) is 0 Å². The van der Waals surface area contributed by atoms with Gasteiger partial charge in [0.15, 0.2) is 0 Å². The van der Waals surface area contributed by atoms with Crippen molar-refractivity contribution in [1.29, 1.82) is 0 Å². The summed E-state index contributed by atoms with van der Waals surface area (Å²) in [6.45, 7) is 13.0. The number of amides is 1. The van der Waals surface area contributed by atoms with E-state index in [9.17, 15) is 4.79 Å². The molecule has 2 unspecified atom stereocenters. The van der Waals surface area contributed by atoms with Crippen molar-refractivity contribution in [3.05, 3.63) is 0 Å². The third-order valence-corrected chi connectivity index (χ3v) is 4.06. The van der Waals surface area contributed by atoms with Gasteiger partial charge >= 0.3 is 0 Å². The molecule has 0 aromatic carbocycles. The molecule has 0 aromatic heterocycles. The van der Waals surface area contributed by atoms with E-state index in [0.29, 0.717) is 18.3 Å². The first-order valence-corrected chi connectivity index (χ1v) is 7.64. The number of hydrogen-bond donors (Lipinski definition) is 1. The molecule has 0 fully saturated rings. The van der Waals surface area contributed by atoms with E-state index in [4.69, 9.17) is 0 Å². The zero-order valence-electron chi connectivity index (χ0n) is 12.1. The Labute approximate surface area is 115 Å². The smallest absolute Gasteiger partial charge is 0.220 e. The molecule has 2 atom stereocenters. The molecule has 0 saturated carbocycles. The molecule has 1 N–H and O–H groups in total. The molecule has 17 heavy (non-hydrogen) atoms. The molecular formula is C14H28BrNO. The van der Waals surface area contributed by atoms with Crippen LogP contribution in [-0.4, -0.2) is 17.3 Å². The maximum atomic E-state index is 11.9. The molecule has 0 saturated heterocycles. The van der Waals surface area contributed by atoms with E-state index in [0.717, 1.165) is 11.8 Å². The molecule has 0 aliphatic carbocycles. The van der Waals surface area contributed by atoms with Gasteiger partial charge in [-0.1, -0.05) is 57.5 Å². The second-order valence-electron chi connectivity index (χ2n) is 6.52. The van der Waals surface area contributed by atoms with E-state index in [1.54, 1.807) is 0 Å². The molecule has 0 aliphatic heterocycles. The van der Waals surface area contributed by atoms with Crippen molar-refractivity contribution in [2.45, 2.75) is 60.4 Å². The molecule has 0 aliphatic rings. The predicted molar refractivity (Wildman–Crippen MR) is 78.4 cm³/mol. The van der Waals surface area contributed by atoms with Crippen LogP contribution in [0.3, 0.4) is 0 Å². The van der Waals surface area contributed by atoms with Crippen LogP contribution in [0, 0.1) is 17.3 Å². The van der Waals surface area contributed by atoms with Crippen LogP contribution in [0.15, 0.2) is 0 Å². The highest BCUT2D eigenvalue weighted by Crippen LogP contribution is 2.27. The summed E-state index contributed by atoms with van der Waals surface area (Å²) in [5.74, 6) is 1.19. The molecule has 0 bridgehead atoms. The Morgan fingerprint density at radius 2 is 1.76 bits per heavy atom. The standard InChI is InChI=1S/C14H28BrNO/c1-10(2)7-12(9-15)16-13(17)8-11(3)14(4,5)6/h10-12H,7-9H2,1-6H3,(H,16,17). The summed E-state index contributed by atoms with van der Waals surface area (Å²) in [6.07, 6.45) is 1.64. The van der Waals surface area contributed by atoms with Gasteiger partial charge in [-0.3, -0.25) is 4.79 Å². The highest BCUT2D eigenvalue weighted by Gasteiger charge is 2.23. The normalized spacial score (nSPS) is 15.8. The number of carbonyl (C=O) groups is 1. The molecule has 0 spiro atoms. The van der Waals surface area contributed by atoms with Gasteiger partial charge in [0.2, 0.25) is 5.91 Å². The van der Waals surface area contributed by atoms with E-state index < -0.39 is 0 Å². The van der Waals surface area contributed by atoms with Crippen LogP contribution >= 0.6 is 15.9 Å². The van der Waals surface area contributed by atoms with E-state index in [-0.39, 0.29) is 17.4 Å². The summed E-state index contributed by atoms with van der Waals surface area (Å²) in [4.78, 5) is 11.9. The molecule has 2 nitrogen and oxygen atoms in total. The Morgan fingerprint density at radius 1 is 1.24 bits per heavy atom. The molecular weight excluding hydrogens is 278 g/mol. The van der Waals surface area contributed by atoms with Gasteiger partial charge in [-0.2, -0.15) is 0 Å². The first-order chi connectivity index (χ1) is 7.66. The van der Waals surface area contributed by atoms with Gasteiger partial charge in [-0.05, 0) is 23.7 Å². The fraction of sp³-hybridized carbons (Fsp3) is 0.929. The fourth-order valence-electron chi connectivity index (χ4n) is 1.60. The van der Waals surface area contributed by atoms with Gasteiger partial charge in [-0.15, -0.1) is 0 Å². The first-order valence-electron chi connectivity index (χ1n) is 6.52. The number of rotatable bonds is 6. The summed E-state index contributed by atoms with van der Waals surface area (Å²) >= 11 is 3.46. The Balaban J connectivity index is 4.16. The van der Waals surface area contributed by atoms with Crippen LogP contribution < -0.4 is 5.32 Å². The van der Waals surface area contributed by atoms with Gasteiger partial charge in [0.1, 0.15) is 0 Å². The molecule has 102 valence electrons. The highest BCUT2D eigenvalue weighted by molar-refractivity contribution is 9.09. The van der Waals surface area contributed by atoms with Crippen LogP contribution in [0.5, 0.6) is 0 Å². The van der Waals surface area contributed by atoms with E-state index >= 15 is 0 Å². The lowest BCUT2D eigenvalue weighted by atomic mass is 9.80. The first kappa shape index (κ1) is 16.9. The number of alkyl halides is 1. The third-order valence-electron chi connectivity index (χ3n) is 3.28. The number of hydrogen-bond acceptors (Lipinski definition) is 1. The Bertz CT molecular complexity index is 233. The van der Waals surface area contributed by atoms with Gasteiger partial charge in [0.25, 0.3) is 0 Å². The Hall–Kier alpha value is -0.0500. The summed E-state index contributed by atoms with van der Waals surface area (Å²) in [7, 11) is 0. The monoisotopic (exact) mass is 305 g/mol. The maximum Gasteiger partial charge on any atom is 0.220 e. The quantitative estimate of drug-likeness (QED) is 0.739. The summed E-state index contributed by atoms with van der Waals surface area (Å²) < 4.78 is 0. The van der Waals surface area contributed by atoms with E-state index in [1.165, 1.54) is 0 Å². The number of halogens is 1. The molecule has 3 heteroatoms. The predicted octanol–water partition coefficient (Wildman–Crippen LogP) is 3.98. The van der Waals surface area contributed by atoms with E-state index in [1.807, 2.05) is 0 Å². The molecule has 0 radical (unpaired) electrons. The molecule has 1 amide bonds. The van der Waals surface area contributed by atoms with Crippen LogP contribution in [0.2, 0.25) is 0 Å². The average Bonchev–Trinajstić information content (AvgIpc) is 2.14. The minimum Gasteiger partial charge on any atom is -0.353 e. The van der Waals surface area contributed by atoms with Crippen LogP contribution in [0.4, 0.5) is 0 Å². The summed E-state index contributed by atoms with van der Waals surface area (Å²) in [6, 6.07) is 0.259. The summed E-state index contributed by atoms with van der Waals surface area (Å²) in [5, 5.41) is 3.95. The Kier molecular flexibility index (Phi) is 7.38. The topological polar surface area (TPSA) is 29.1 Å². The summed E-state index contributed by atoms with van der Waals surface area (Å²) in [5.41, 5.74) is 0.194. The molecule has 0 rings (SSSR count). The highest BCUT2D eigenvalue weighted by atomic mass is 79.9. The average molecular weight is 306 g/mol. The Morgan fingerprint density at radius 3 is 2.12 bits per heavy atom. The second kappa shape index (κ2) is 7.40. The lowest BCUT2D eigenvalue weighted by Crippen LogP contribution is -2.38. The van der Waals surface area contributed by atoms with Crippen LogP contribution in [-0.2, 0) is 4.79 Å². The zero-order valence-corrected chi connectivity index (χ0v) is 13.7. The van der Waals surface area contributed by atoms with Crippen molar-refractivity contribution in [3.8, 4) is 0 Å². The van der Waals surface area contributed by atoms with Crippen molar-refractivity contribution in [2.75, 3.05) is 5.33 Å². The maximum absolute atomic E-state index is 11.9. The van der Waals surface area contributed by atoms with Gasteiger partial charge in [-0.25, -0.2) is 0 Å². The minimum atomic E-state index is 0.178. The SMILES string of the molecule is CC(C)CC(CBr)NC(=O)CC(C)C(C)(C)C. The van der Waals surface area contributed by atoms with Gasteiger partial charge in [0, 0.05) is 17.8 Å². The van der Waals surface area contributed by atoms with Gasteiger partial charge in [0.05, 0.1) is 0 Å². The van der Waals surface area contributed by atoms with E-state index in [2.05, 4.69) is 62.8 Å². The van der Waals surface area contributed by atoms with Crippen molar-refractivity contribution >= 4 is 21.8 Å².